The van der Waals surface area contributed by atoms with Gasteiger partial charge in [-0.25, -0.2) is 4.39 Å². The molecule has 3 rings (SSSR count). The fourth-order valence-corrected chi connectivity index (χ4v) is 4.10. The van der Waals surface area contributed by atoms with Crippen LogP contribution in [0.5, 0.6) is 0 Å². The van der Waals surface area contributed by atoms with Gasteiger partial charge in [-0.1, -0.05) is 48.7 Å². The maximum Gasteiger partial charge on any atom is 0.171 e. The molecule has 5 heteroatoms. The Balaban J connectivity index is 1.64. The third-order valence-corrected chi connectivity index (χ3v) is 5.43. The summed E-state index contributed by atoms with van der Waals surface area (Å²) in [5.41, 5.74) is 1.81. The van der Waals surface area contributed by atoms with E-state index < -0.39 is 0 Å². The average molecular weight is 377 g/mol. The van der Waals surface area contributed by atoms with Crippen molar-refractivity contribution in [2.75, 3.05) is 5.32 Å². The molecular weight excluding hydrogens is 355 g/mol. The quantitative estimate of drug-likeness (QED) is 0.653. The van der Waals surface area contributed by atoms with Gasteiger partial charge >= 0.3 is 0 Å². The van der Waals surface area contributed by atoms with Gasteiger partial charge in [0.2, 0.25) is 0 Å². The lowest BCUT2D eigenvalue weighted by Gasteiger charge is -2.32. The zero-order valence-corrected chi connectivity index (χ0v) is 15.6. The van der Waals surface area contributed by atoms with E-state index in [1.165, 1.54) is 30.5 Å². The van der Waals surface area contributed by atoms with Crippen LogP contribution in [-0.4, -0.2) is 10.7 Å². The molecule has 2 aromatic carbocycles. The molecule has 132 valence electrons. The molecule has 0 aromatic heterocycles. The van der Waals surface area contributed by atoms with E-state index in [0.29, 0.717) is 10.8 Å². The maximum absolute atomic E-state index is 13.3. The van der Waals surface area contributed by atoms with Crippen LogP contribution >= 0.6 is 23.8 Å². The van der Waals surface area contributed by atoms with Gasteiger partial charge in [-0.3, -0.25) is 0 Å². The highest BCUT2D eigenvalue weighted by molar-refractivity contribution is 7.80. The summed E-state index contributed by atoms with van der Waals surface area (Å²) in [6.07, 6.45) is 6.44. The zero-order valence-electron chi connectivity index (χ0n) is 14.0. The maximum atomic E-state index is 13.3. The van der Waals surface area contributed by atoms with Crippen LogP contribution < -0.4 is 10.6 Å². The molecule has 1 fully saturated rings. The normalized spacial score (nSPS) is 15.8. The molecule has 0 aliphatic heterocycles. The first-order valence-electron chi connectivity index (χ1n) is 8.65. The fraction of sp³-hybridized carbons (Fsp3) is 0.350. The summed E-state index contributed by atoms with van der Waals surface area (Å²) < 4.78 is 13.3. The molecule has 1 saturated carbocycles. The molecule has 2 N–H and O–H groups in total. The van der Waals surface area contributed by atoms with Crippen molar-refractivity contribution in [2.45, 2.75) is 44.1 Å². The van der Waals surface area contributed by atoms with Crippen LogP contribution in [0.4, 0.5) is 10.1 Å². The second kappa shape index (κ2) is 8.15. The summed E-state index contributed by atoms with van der Waals surface area (Å²) in [4.78, 5) is 0. The van der Waals surface area contributed by atoms with Crippen molar-refractivity contribution in [1.29, 1.82) is 0 Å². The first-order chi connectivity index (χ1) is 12.1. The number of nitrogens with one attached hydrogen (secondary N) is 2. The van der Waals surface area contributed by atoms with Crippen LogP contribution in [0.25, 0.3) is 0 Å². The van der Waals surface area contributed by atoms with Crippen LogP contribution in [0.2, 0.25) is 5.02 Å². The van der Waals surface area contributed by atoms with Crippen molar-refractivity contribution in [2.24, 2.45) is 0 Å². The van der Waals surface area contributed by atoms with Gasteiger partial charge in [-0.15, -0.1) is 0 Å². The molecular formula is C20H22ClFN2S. The Bertz CT molecular complexity index is 744. The second-order valence-electron chi connectivity index (χ2n) is 6.67. The Morgan fingerprint density at radius 3 is 2.60 bits per heavy atom. The molecule has 0 spiro atoms. The third-order valence-electron chi connectivity index (χ3n) is 4.85. The molecule has 0 heterocycles. The van der Waals surface area contributed by atoms with Gasteiger partial charge in [0.1, 0.15) is 5.82 Å². The SMILES string of the molecule is Fc1cccc(NC(=S)NC2(CCc3ccccc3Cl)CCCC2)c1. The van der Waals surface area contributed by atoms with Gasteiger partial charge in [0.05, 0.1) is 0 Å². The van der Waals surface area contributed by atoms with E-state index in [-0.39, 0.29) is 11.4 Å². The zero-order chi connectivity index (χ0) is 17.7. The predicted molar refractivity (Wildman–Crippen MR) is 107 cm³/mol. The molecule has 0 saturated heterocycles. The minimum absolute atomic E-state index is 0.0173. The summed E-state index contributed by atoms with van der Waals surface area (Å²) in [5, 5.41) is 7.97. The van der Waals surface area contributed by atoms with Gasteiger partial charge in [0.25, 0.3) is 0 Å². The average Bonchev–Trinajstić information content (AvgIpc) is 3.02. The van der Waals surface area contributed by atoms with E-state index in [1.807, 2.05) is 24.3 Å². The minimum Gasteiger partial charge on any atom is -0.357 e. The monoisotopic (exact) mass is 376 g/mol. The van der Waals surface area contributed by atoms with Crippen molar-refractivity contribution >= 4 is 34.6 Å². The lowest BCUT2D eigenvalue weighted by molar-refractivity contribution is 0.362. The molecule has 2 nitrogen and oxygen atoms in total. The number of anilines is 1. The van der Waals surface area contributed by atoms with Gasteiger partial charge in [-0.2, -0.15) is 0 Å². The summed E-state index contributed by atoms with van der Waals surface area (Å²) in [7, 11) is 0. The van der Waals surface area contributed by atoms with Crippen LogP contribution in [0.3, 0.4) is 0 Å². The molecule has 0 bridgehead atoms. The Hall–Kier alpha value is -1.65. The smallest absolute Gasteiger partial charge is 0.171 e. The van der Waals surface area contributed by atoms with Gasteiger partial charge in [0, 0.05) is 16.2 Å². The number of thiocarbonyl (C=S) groups is 1. The number of hydrogen-bond donors (Lipinski definition) is 2. The standard InChI is InChI=1S/C20H22ClFN2S/c21-18-9-2-1-6-15(18)10-13-20(11-3-4-12-20)24-19(25)23-17-8-5-7-16(22)14-17/h1-2,5-9,14H,3-4,10-13H2,(H2,23,24,25). The minimum atomic E-state index is -0.276. The van der Waals surface area contributed by atoms with Crippen LogP contribution in [0.1, 0.15) is 37.7 Å². The van der Waals surface area contributed by atoms with Crippen LogP contribution in [-0.2, 0) is 6.42 Å². The number of benzene rings is 2. The van der Waals surface area contributed by atoms with Crippen LogP contribution in [0, 0.1) is 5.82 Å². The topological polar surface area (TPSA) is 24.1 Å². The van der Waals surface area contributed by atoms with E-state index in [0.717, 1.165) is 30.7 Å². The van der Waals surface area contributed by atoms with E-state index in [2.05, 4.69) is 16.7 Å². The van der Waals surface area contributed by atoms with Crippen molar-refractivity contribution in [1.82, 2.24) is 5.32 Å². The van der Waals surface area contributed by atoms with Crippen molar-refractivity contribution in [3.63, 3.8) is 0 Å². The third kappa shape index (κ3) is 4.93. The number of hydrogen-bond acceptors (Lipinski definition) is 1. The van der Waals surface area contributed by atoms with Gasteiger partial charge in [0.15, 0.2) is 5.11 Å². The summed E-state index contributed by atoms with van der Waals surface area (Å²) in [5.74, 6) is -0.276. The Morgan fingerprint density at radius 2 is 1.88 bits per heavy atom. The van der Waals surface area contributed by atoms with Crippen molar-refractivity contribution in [3.8, 4) is 0 Å². The Morgan fingerprint density at radius 1 is 1.12 bits per heavy atom. The predicted octanol–water partition coefficient (Wildman–Crippen LogP) is 5.71. The number of rotatable bonds is 5. The molecule has 1 aliphatic carbocycles. The van der Waals surface area contributed by atoms with Crippen LogP contribution in [0.15, 0.2) is 48.5 Å². The molecule has 25 heavy (non-hydrogen) atoms. The highest BCUT2D eigenvalue weighted by Gasteiger charge is 2.34. The largest absolute Gasteiger partial charge is 0.357 e. The lowest BCUT2D eigenvalue weighted by atomic mass is 9.89. The summed E-state index contributed by atoms with van der Waals surface area (Å²) >= 11 is 11.8. The second-order valence-corrected chi connectivity index (χ2v) is 7.48. The Labute approximate surface area is 158 Å². The van der Waals surface area contributed by atoms with Crippen molar-refractivity contribution < 1.29 is 4.39 Å². The molecule has 1 aliphatic rings. The molecule has 0 radical (unpaired) electrons. The Kier molecular flexibility index (Phi) is 5.92. The molecule has 0 amide bonds. The number of halogens is 2. The molecule has 0 unspecified atom stereocenters. The fourth-order valence-electron chi connectivity index (χ4n) is 3.53. The van der Waals surface area contributed by atoms with E-state index >= 15 is 0 Å². The van der Waals surface area contributed by atoms with E-state index in [9.17, 15) is 4.39 Å². The van der Waals surface area contributed by atoms with Gasteiger partial charge in [-0.05, 0) is 67.7 Å². The first kappa shape index (κ1) is 18.2. The molecule has 2 aromatic rings. The summed E-state index contributed by atoms with van der Waals surface area (Å²) in [6, 6.07) is 14.3. The van der Waals surface area contributed by atoms with E-state index in [1.54, 1.807) is 6.07 Å². The first-order valence-corrected chi connectivity index (χ1v) is 9.43. The lowest BCUT2D eigenvalue weighted by Crippen LogP contribution is -2.48. The highest BCUT2D eigenvalue weighted by Crippen LogP contribution is 2.34. The highest BCUT2D eigenvalue weighted by atomic mass is 35.5. The summed E-state index contributed by atoms with van der Waals surface area (Å²) in [6.45, 7) is 0. The van der Waals surface area contributed by atoms with E-state index in [4.69, 9.17) is 23.8 Å². The molecule has 0 atom stereocenters. The van der Waals surface area contributed by atoms with Gasteiger partial charge < -0.3 is 10.6 Å². The number of aryl methyl sites for hydroxylation is 1. The van der Waals surface area contributed by atoms with Crippen molar-refractivity contribution in [3.05, 3.63) is 64.9 Å².